The summed E-state index contributed by atoms with van der Waals surface area (Å²) in [5, 5.41) is 2.73. The number of nitrogens with one attached hydrogen (secondary N) is 1. The second-order valence-electron chi connectivity index (χ2n) is 5.74. The quantitative estimate of drug-likeness (QED) is 0.649. The lowest BCUT2D eigenvalue weighted by Gasteiger charge is -2.24. The van der Waals surface area contributed by atoms with Gasteiger partial charge < -0.3 is 10.1 Å². The van der Waals surface area contributed by atoms with Gasteiger partial charge in [-0.2, -0.15) is 0 Å². The van der Waals surface area contributed by atoms with Crippen molar-refractivity contribution in [3.05, 3.63) is 48.0 Å². The van der Waals surface area contributed by atoms with Gasteiger partial charge in [-0.05, 0) is 36.8 Å². The van der Waals surface area contributed by atoms with Crippen LogP contribution in [-0.4, -0.2) is 25.0 Å². The van der Waals surface area contributed by atoms with Crippen LogP contribution < -0.4 is 5.32 Å². The number of amides is 1. The number of hydrogen-bond donors (Lipinski definition) is 1. The molecule has 22 heavy (non-hydrogen) atoms. The molecule has 1 amide bonds. The maximum absolute atomic E-state index is 11.8. The van der Waals surface area contributed by atoms with Gasteiger partial charge in [0.05, 0.1) is 13.0 Å². The van der Waals surface area contributed by atoms with E-state index in [1.54, 1.807) is 12.1 Å². The van der Waals surface area contributed by atoms with Crippen molar-refractivity contribution in [3.63, 3.8) is 0 Å². The monoisotopic (exact) mass is 301 g/mol. The summed E-state index contributed by atoms with van der Waals surface area (Å²) in [6.07, 6.45) is 6.56. The van der Waals surface area contributed by atoms with Gasteiger partial charge in [-0.3, -0.25) is 9.59 Å². The number of carbonyl (C=O) groups excluding carboxylic acids is 2. The third-order valence-electron chi connectivity index (χ3n) is 4.03. The smallest absolute Gasteiger partial charge is 0.307 e. The Morgan fingerprint density at radius 3 is 2.64 bits per heavy atom. The van der Waals surface area contributed by atoms with Gasteiger partial charge in [0, 0.05) is 12.1 Å². The highest BCUT2D eigenvalue weighted by Gasteiger charge is 2.19. The summed E-state index contributed by atoms with van der Waals surface area (Å²) in [7, 11) is 0. The van der Waals surface area contributed by atoms with E-state index in [2.05, 4.69) is 24.4 Å². The Morgan fingerprint density at radius 1 is 1.18 bits per heavy atom. The van der Waals surface area contributed by atoms with Crippen LogP contribution in [0.2, 0.25) is 0 Å². The summed E-state index contributed by atoms with van der Waals surface area (Å²) in [6, 6.07) is 8.96. The Bertz CT molecular complexity index is 524. The third-order valence-corrected chi connectivity index (χ3v) is 4.03. The van der Waals surface area contributed by atoms with E-state index in [9.17, 15) is 9.59 Å². The van der Waals surface area contributed by atoms with Gasteiger partial charge in [-0.25, -0.2) is 0 Å². The molecule has 0 bridgehead atoms. The van der Waals surface area contributed by atoms with E-state index >= 15 is 0 Å². The number of allylic oxidation sites excluding steroid dienone is 2. The third kappa shape index (κ3) is 5.02. The first kappa shape index (κ1) is 16.3. The molecule has 0 radical (unpaired) electrons. The number of esters is 1. The van der Waals surface area contributed by atoms with E-state index in [0.29, 0.717) is 30.6 Å². The van der Waals surface area contributed by atoms with Crippen LogP contribution >= 0.6 is 0 Å². The molecule has 0 aromatic heterocycles. The lowest BCUT2D eigenvalue weighted by atomic mass is 9.85. The normalized spacial score (nSPS) is 20.4. The van der Waals surface area contributed by atoms with Crippen LogP contribution in [0.25, 0.3) is 0 Å². The largest absolute Gasteiger partial charge is 0.465 e. The van der Waals surface area contributed by atoms with Crippen LogP contribution in [0.4, 0.5) is 0 Å². The molecule has 1 aromatic carbocycles. The van der Waals surface area contributed by atoms with Crippen molar-refractivity contribution in [1.29, 1.82) is 0 Å². The van der Waals surface area contributed by atoms with E-state index in [4.69, 9.17) is 4.74 Å². The highest BCUT2D eigenvalue weighted by Crippen LogP contribution is 2.25. The standard InChI is InChI=1S/C18H23NO3/c1-14-7-5-6-10-16(14)13-22-17(20)11-12-19-18(21)15-8-3-2-4-9-15/h2-6,8-9,14,16H,7,10-13H2,1H3,(H,19,21). The van der Waals surface area contributed by atoms with E-state index in [0.717, 1.165) is 12.8 Å². The van der Waals surface area contributed by atoms with Crippen molar-refractivity contribution in [1.82, 2.24) is 5.32 Å². The number of hydrogen-bond acceptors (Lipinski definition) is 3. The molecular weight excluding hydrogens is 278 g/mol. The van der Waals surface area contributed by atoms with Gasteiger partial charge in [-0.1, -0.05) is 37.3 Å². The molecule has 0 saturated heterocycles. The summed E-state index contributed by atoms with van der Waals surface area (Å²) in [6.45, 7) is 2.95. The zero-order chi connectivity index (χ0) is 15.8. The minimum atomic E-state index is -0.255. The summed E-state index contributed by atoms with van der Waals surface area (Å²) < 4.78 is 5.32. The average molecular weight is 301 g/mol. The molecule has 1 aliphatic rings. The van der Waals surface area contributed by atoms with Crippen molar-refractivity contribution in [3.8, 4) is 0 Å². The summed E-state index contributed by atoms with van der Waals surface area (Å²) in [5.41, 5.74) is 0.596. The topological polar surface area (TPSA) is 55.4 Å². The van der Waals surface area contributed by atoms with Crippen LogP contribution in [-0.2, 0) is 9.53 Å². The molecule has 2 unspecified atom stereocenters. The van der Waals surface area contributed by atoms with E-state index < -0.39 is 0 Å². The number of benzene rings is 1. The molecule has 4 heteroatoms. The van der Waals surface area contributed by atoms with E-state index in [1.807, 2.05) is 18.2 Å². The average Bonchev–Trinajstić information content (AvgIpc) is 2.55. The molecule has 2 rings (SSSR count). The zero-order valence-corrected chi connectivity index (χ0v) is 13.0. The molecule has 2 atom stereocenters. The molecule has 118 valence electrons. The fraction of sp³-hybridized carbons (Fsp3) is 0.444. The predicted molar refractivity (Wildman–Crippen MR) is 85.4 cm³/mol. The lowest BCUT2D eigenvalue weighted by Crippen LogP contribution is -2.27. The van der Waals surface area contributed by atoms with Gasteiger partial charge in [0.2, 0.25) is 0 Å². The molecule has 4 nitrogen and oxygen atoms in total. The number of carbonyl (C=O) groups is 2. The van der Waals surface area contributed by atoms with Crippen LogP contribution in [0.5, 0.6) is 0 Å². The van der Waals surface area contributed by atoms with Gasteiger partial charge in [0.25, 0.3) is 5.91 Å². The van der Waals surface area contributed by atoms with Crippen molar-refractivity contribution in [2.24, 2.45) is 11.8 Å². The molecule has 1 aliphatic carbocycles. The summed E-state index contributed by atoms with van der Waals surface area (Å²) >= 11 is 0. The van der Waals surface area contributed by atoms with Crippen LogP contribution in [0, 0.1) is 11.8 Å². The molecule has 1 N–H and O–H groups in total. The van der Waals surface area contributed by atoms with Crippen LogP contribution in [0.3, 0.4) is 0 Å². The highest BCUT2D eigenvalue weighted by atomic mass is 16.5. The van der Waals surface area contributed by atoms with Crippen LogP contribution in [0.1, 0.15) is 36.5 Å². The summed E-state index contributed by atoms with van der Waals surface area (Å²) in [4.78, 5) is 23.5. The Morgan fingerprint density at radius 2 is 1.91 bits per heavy atom. The summed E-state index contributed by atoms with van der Waals surface area (Å²) in [5.74, 6) is 0.540. The Balaban J connectivity index is 1.63. The molecule has 0 heterocycles. The van der Waals surface area contributed by atoms with E-state index in [-0.39, 0.29) is 18.3 Å². The van der Waals surface area contributed by atoms with Crippen molar-refractivity contribution in [2.45, 2.75) is 26.2 Å². The second kappa shape index (κ2) is 8.37. The van der Waals surface area contributed by atoms with Gasteiger partial charge >= 0.3 is 5.97 Å². The zero-order valence-electron chi connectivity index (χ0n) is 13.0. The highest BCUT2D eigenvalue weighted by molar-refractivity contribution is 5.94. The van der Waals surface area contributed by atoms with Gasteiger partial charge in [0.1, 0.15) is 0 Å². The van der Waals surface area contributed by atoms with Crippen molar-refractivity contribution >= 4 is 11.9 Å². The Labute approximate surface area is 131 Å². The number of ether oxygens (including phenoxy) is 1. The molecule has 0 fully saturated rings. The number of rotatable bonds is 6. The van der Waals surface area contributed by atoms with Crippen LogP contribution in [0.15, 0.2) is 42.5 Å². The molecule has 1 aromatic rings. The molecular formula is C18H23NO3. The Kier molecular flexibility index (Phi) is 6.19. The first-order valence-electron chi connectivity index (χ1n) is 7.80. The Hall–Kier alpha value is -2.10. The SMILES string of the molecule is CC1CC=CCC1COC(=O)CCNC(=O)c1ccccc1. The predicted octanol–water partition coefficient (Wildman–Crippen LogP) is 2.95. The molecule has 0 saturated carbocycles. The lowest BCUT2D eigenvalue weighted by molar-refractivity contribution is -0.145. The fourth-order valence-corrected chi connectivity index (χ4v) is 2.48. The first-order valence-corrected chi connectivity index (χ1v) is 7.80. The fourth-order valence-electron chi connectivity index (χ4n) is 2.48. The maximum Gasteiger partial charge on any atom is 0.307 e. The van der Waals surface area contributed by atoms with Crippen molar-refractivity contribution in [2.75, 3.05) is 13.2 Å². The van der Waals surface area contributed by atoms with Gasteiger partial charge in [0.15, 0.2) is 0 Å². The van der Waals surface area contributed by atoms with Gasteiger partial charge in [-0.15, -0.1) is 0 Å². The van der Waals surface area contributed by atoms with E-state index in [1.165, 1.54) is 0 Å². The maximum atomic E-state index is 11.8. The minimum absolute atomic E-state index is 0.167. The molecule has 0 aliphatic heterocycles. The second-order valence-corrected chi connectivity index (χ2v) is 5.74. The van der Waals surface area contributed by atoms with Crippen molar-refractivity contribution < 1.29 is 14.3 Å². The minimum Gasteiger partial charge on any atom is -0.465 e. The first-order chi connectivity index (χ1) is 10.7. The molecule has 0 spiro atoms.